The van der Waals surface area contributed by atoms with E-state index >= 15 is 0 Å². The largest absolute Gasteiger partial charge is 0.507 e. The minimum absolute atomic E-state index is 0.0355. The van der Waals surface area contributed by atoms with Crippen LogP contribution in [0, 0.1) is 0 Å². The van der Waals surface area contributed by atoms with E-state index in [0.29, 0.717) is 24.8 Å². The number of nitrogens with zero attached hydrogens (tertiary/aromatic N) is 1. The second-order valence-electron chi connectivity index (χ2n) is 10.4. The number of fused-ring (bicyclic) bond motifs is 2. The summed E-state index contributed by atoms with van der Waals surface area (Å²) in [6, 6.07) is 2.66. The van der Waals surface area contributed by atoms with Crippen molar-refractivity contribution in [1.82, 2.24) is 5.32 Å². The summed E-state index contributed by atoms with van der Waals surface area (Å²) >= 11 is 0. The first-order chi connectivity index (χ1) is 21.0. The Bertz CT molecular complexity index is 1440. The number of hydrogen-bond acceptors (Lipinski definition) is 13. The second kappa shape index (κ2) is 13.9. The quantitative estimate of drug-likeness (QED) is 0.0652. The zero-order chi connectivity index (χ0) is 32.3. The molecule has 0 radical (unpaired) electrons. The van der Waals surface area contributed by atoms with Crippen molar-refractivity contribution < 1.29 is 59.5 Å². The topological polar surface area (TPSA) is 254 Å². The molecule has 5 atom stereocenters. The average Bonchev–Trinajstić information content (AvgIpc) is 3.02. The number of ether oxygens (including phenoxy) is 3. The fraction of sp³-hybridized carbons (Fsp3) is 0.483. The molecule has 1 aliphatic heterocycles. The summed E-state index contributed by atoms with van der Waals surface area (Å²) in [4.78, 5) is 32.1. The fourth-order valence-corrected chi connectivity index (χ4v) is 5.41. The number of nitrogens with one attached hydrogen (secondary N) is 1. The molecule has 0 amide bonds. The number of rotatable bonds is 11. The molecule has 2 aromatic rings. The number of phenols is 1. The molecule has 10 N–H and O–H groups in total. The van der Waals surface area contributed by atoms with Gasteiger partial charge in [-0.3, -0.25) is 14.6 Å². The SMILES string of the molecule is CN=C(N)NCc1c(CCCCO)cc2c(c1O)C(=O)c1c(OC3OC(CO)C(O)C(O)C3O)cc(OC)c(CO)c1C2=O. The monoisotopic (exact) mass is 619 g/mol. The lowest BCUT2D eigenvalue weighted by molar-refractivity contribution is -0.277. The van der Waals surface area contributed by atoms with Gasteiger partial charge in [-0.1, -0.05) is 0 Å². The zero-order valence-corrected chi connectivity index (χ0v) is 24.2. The van der Waals surface area contributed by atoms with E-state index in [0.717, 1.165) is 0 Å². The maximum Gasteiger partial charge on any atom is 0.229 e. The molecule has 1 heterocycles. The minimum Gasteiger partial charge on any atom is -0.507 e. The lowest BCUT2D eigenvalue weighted by Crippen LogP contribution is -2.60. The summed E-state index contributed by atoms with van der Waals surface area (Å²) in [5, 5.41) is 74.4. The lowest BCUT2D eigenvalue weighted by Gasteiger charge is -2.40. The number of aliphatic imine (C=N–C) groups is 1. The highest BCUT2D eigenvalue weighted by molar-refractivity contribution is 6.31. The summed E-state index contributed by atoms with van der Waals surface area (Å²) in [6.45, 7) is -1.57. The Hall–Kier alpha value is -3.83. The number of guanidine groups is 1. The van der Waals surface area contributed by atoms with Gasteiger partial charge >= 0.3 is 0 Å². The number of ketones is 2. The highest BCUT2D eigenvalue weighted by atomic mass is 16.7. The van der Waals surface area contributed by atoms with E-state index in [1.807, 2.05) is 0 Å². The maximum atomic E-state index is 14.2. The molecule has 0 saturated carbocycles. The molecule has 0 spiro atoms. The summed E-state index contributed by atoms with van der Waals surface area (Å²) in [5.41, 5.74) is 5.41. The number of benzene rings is 2. The van der Waals surface area contributed by atoms with Gasteiger partial charge < -0.3 is 61.0 Å². The van der Waals surface area contributed by atoms with E-state index in [4.69, 9.17) is 19.9 Å². The molecular formula is C29H37N3O12. The number of carbonyl (C=O) groups is 2. The van der Waals surface area contributed by atoms with E-state index in [9.17, 15) is 45.3 Å². The molecule has 0 bridgehead atoms. The molecular weight excluding hydrogens is 582 g/mol. The van der Waals surface area contributed by atoms with Gasteiger partial charge in [0.1, 0.15) is 41.7 Å². The van der Waals surface area contributed by atoms with Crippen molar-refractivity contribution >= 4 is 17.5 Å². The van der Waals surface area contributed by atoms with Crippen molar-refractivity contribution in [2.75, 3.05) is 27.4 Å². The van der Waals surface area contributed by atoms with Crippen LogP contribution in [-0.2, 0) is 24.3 Å². The highest BCUT2D eigenvalue weighted by Crippen LogP contribution is 2.44. The van der Waals surface area contributed by atoms with Gasteiger partial charge in [0.2, 0.25) is 12.1 Å². The summed E-state index contributed by atoms with van der Waals surface area (Å²) in [7, 11) is 2.72. The van der Waals surface area contributed by atoms with E-state index in [1.165, 1.54) is 26.3 Å². The highest BCUT2D eigenvalue weighted by Gasteiger charge is 2.46. The number of aryl methyl sites for hydroxylation is 1. The minimum atomic E-state index is -1.84. The third-order valence-corrected chi connectivity index (χ3v) is 7.79. The second-order valence-corrected chi connectivity index (χ2v) is 10.4. The molecule has 15 heteroatoms. The van der Waals surface area contributed by atoms with Crippen LogP contribution in [0.3, 0.4) is 0 Å². The number of unbranched alkanes of at least 4 members (excludes halogenated alkanes) is 1. The van der Waals surface area contributed by atoms with Gasteiger partial charge in [-0.15, -0.1) is 0 Å². The van der Waals surface area contributed by atoms with Gasteiger partial charge in [0.15, 0.2) is 11.7 Å². The number of aromatic hydroxyl groups is 1. The first-order valence-electron chi connectivity index (χ1n) is 13.9. The van der Waals surface area contributed by atoms with E-state index in [2.05, 4.69) is 10.3 Å². The number of aliphatic hydroxyl groups excluding tert-OH is 6. The van der Waals surface area contributed by atoms with Crippen LogP contribution < -0.4 is 20.5 Å². The molecule has 1 aliphatic carbocycles. The van der Waals surface area contributed by atoms with Crippen LogP contribution in [0.15, 0.2) is 17.1 Å². The third kappa shape index (κ3) is 5.95. The molecule has 240 valence electrons. The van der Waals surface area contributed by atoms with Crippen molar-refractivity contribution in [3.8, 4) is 17.2 Å². The Morgan fingerprint density at radius 2 is 1.70 bits per heavy atom. The van der Waals surface area contributed by atoms with Crippen molar-refractivity contribution in [2.45, 2.75) is 63.1 Å². The van der Waals surface area contributed by atoms with Crippen LogP contribution in [0.5, 0.6) is 17.2 Å². The number of nitrogens with two attached hydrogens (primary N) is 1. The average molecular weight is 620 g/mol. The molecule has 4 rings (SSSR count). The van der Waals surface area contributed by atoms with Gasteiger partial charge in [-0.25, -0.2) is 0 Å². The van der Waals surface area contributed by atoms with Crippen molar-refractivity contribution in [2.24, 2.45) is 10.7 Å². The van der Waals surface area contributed by atoms with Crippen LogP contribution >= 0.6 is 0 Å². The van der Waals surface area contributed by atoms with Gasteiger partial charge in [-0.05, 0) is 30.9 Å². The molecule has 1 fully saturated rings. The van der Waals surface area contributed by atoms with Crippen molar-refractivity contribution in [3.05, 3.63) is 51.1 Å². The van der Waals surface area contributed by atoms with Crippen LogP contribution in [0.25, 0.3) is 0 Å². The standard InChI is InChI=1S/C29H37N3O12/c1-31-29(30)32-9-14-12(5-3-4-6-33)7-13-20(23(14)37)25(39)21-17(8-16(42-2)15(10-34)19(21)22(13)36)43-28-27(41)26(40)24(38)18(11-35)44-28/h7-8,18,24,26-28,33-35,37-38,40-41H,3-6,9-11H2,1-2H3,(H3,30,31,32). The number of phenolic OH excluding ortho intramolecular Hbond substituents is 1. The number of aliphatic hydroxyl groups is 6. The van der Waals surface area contributed by atoms with Crippen LogP contribution in [0.4, 0.5) is 0 Å². The van der Waals surface area contributed by atoms with E-state index in [-0.39, 0.29) is 64.0 Å². The molecule has 5 unspecified atom stereocenters. The number of methoxy groups -OCH3 is 1. The van der Waals surface area contributed by atoms with E-state index < -0.39 is 61.2 Å². The predicted molar refractivity (Wildman–Crippen MR) is 153 cm³/mol. The molecule has 2 aromatic carbocycles. The maximum absolute atomic E-state index is 14.2. The third-order valence-electron chi connectivity index (χ3n) is 7.79. The smallest absolute Gasteiger partial charge is 0.229 e. The fourth-order valence-electron chi connectivity index (χ4n) is 5.41. The predicted octanol–water partition coefficient (Wildman–Crippen LogP) is -1.80. The summed E-state index contributed by atoms with van der Waals surface area (Å²) in [5.74, 6) is -2.42. The molecule has 0 aromatic heterocycles. The first-order valence-corrected chi connectivity index (χ1v) is 13.9. The van der Waals surface area contributed by atoms with Crippen LogP contribution in [0.1, 0.15) is 61.4 Å². The lowest BCUT2D eigenvalue weighted by atomic mass is 9.78. The molecule has 1 saturated heterocycles. The van der Waals surface area contributed by atoms with Crippen LogP contribution in [0.2, 0.25) is 0 Å². The Morgan fingerprint density at radius 3 is 2.32 bits per heavy atom. The van der Waals surface area contributed by atoms with Crippen molar-refractivity contribution in [3.63, 3.8) is 0 Å². The Labute approximate surface area is 252 Å². The van der Waals surface area contributed by atoms with Crippen LogP contribution in [-0.4, -0.2) is 111 Å². The molecule has 2 aliphatic rings. The van der Waals surface area contributed by atoms with E-state index in [1.54, 1.807) is 0 Å². The Morgan fingerprint density at radius 1 is 0.977 bits per heavy atom. The molecule has 44 heavy (non-hydrogen) atoms. The van der Waals surface area contributed by atoms with Gasteiger partial charge in [0.25, 0.3) is 0 Å². The van der Waals surface area contributed by atoms with Gasteiger partial charge in [-0.2, -0.15) is 0 Å². The normalized spacial score (nSPS) is 23.3. The Kier molecular flexibility index (Phi) is 10.4. The van der Waals surface area contributed by atoms with Gasteiger partial charge in [0, 0.05) is 48.5 Å². The molecule has 15 nitrogen and oxygen atoms in total. The summed E-state index contributed by atoms with van der Waals surface area (Å²) in [6.07, 6.45) is -7.06. The first kappa shape index (κ1) is 33.1. The Balaban J connectivity index is 1.90. The zero-order valence-electron chi connectivity index (χ0n) is 24.2. The number of carbonyl (C=O) groups excluding carboxylic acids is 2. The van der Waals surface area contributed by atoms with Gasteiger partial charge in [0.05, 0.1) is 31.5 Å². The number of hydrogen-bond donors (Lipinski definition) is 9. The van der Waals surface area contributed by atoms with Crippen molar-refractivity contribution in [1.29, 1.82) is 0 Å². The summed E-state index contributed by atoms with van der Waals surface area (Å²) < 4.78 is 16.6.